The van der Waals surface area contributed by atoms with Gasteiger partial charge in [-0.05, 0) is 24.7 Å². The van der Waals surface area contributed by atoms with E-state index in [-0.39, 0.29) is 0 Å². The summed E-state index contributed by atoms with van der Waals surface area (Å²) in [6.45, 7) is 2.30. The van der Waals surface area contributed by atoms with E-state index in [0.29, 0.717) is 5.41 Å². The largest absolute Gasteiger partial charge is 0.0922 e. The Bertz CT molecular complexity index is 182. The van der Waals surface area contributed by atoms with Gasteiger partial charge in [0.15, 0.2) is 0 Å². The van der Waals surface area contributed by atoms with E-state index in [1.807, 2.05) is 0 Å². The van der Waals surface area contributed by atoms with Crippen molar-refractivity contribution in [2.45, 2.75) is 96.8 Å². The lowest BCUT2D eigenvalue weighted by Gasteiger charge is -2.36. The summed E-state index contributed by atoms with van der Waals surface area (Å²) in [7, 11) is 0. The molecule has 18 heavy (non-hydrogen) atoms. The van der Waals surface area contributed by atoms with Gasteiger partial charge in [-0.1, -0.05) is 93.5 Å². The van der Waals surface area contributed by atoms with Crippen LogP contribution in [0.25, 0.3) is 0 Å². The van der Waals surface area contributed by atoms with Gasteiger partial charge in [0.05, 0.1) is 0 Å². The Morgan fingerprint density at radius 3 is 1.89 bits per heavy atom. The number of hydrogen-bond donors (Lipinski definition) is 0. The van der Waals surface area contributed by atoms with E-state index in [0.717, 1.165) is 0 Å². The fourth-order valence-electron chi connectivity index (χ4n) is 3.39. The Balaban J connectivity index is 1.98. The van der Waals surface area contributed by atoms with Crippen molar-refractivity contribution >= 4 is 15.9 Å². The van der Waals surface area contributed by atoms with Crippen molar-refractivity contribution in [3.63, 3.8) is 0 Å². The third-order valence-electron chi connectivity index (χ3n) is 4.76. The predicted octanol–water partition coefficient (Wildman–Crippen LogP) is 6.86. The molecule has 0 radical (unpaired) electrons. The van der Waals surface area contributed by atoms with Gasteiger partial charge in [0.1, 0.15) is 0 Å². The summed E-state index contributed by atoms with van der Waals surface area (Å²) in [5.74, 6) is 0. The van der Waals surface area contributed by atoms with E-state index in [2.05, 4.69) is 22.9 Å². The highest BCUT2D eigenvalue weighted by molar-refractivity contribution is 9.09. The van der Waals surface area contributed by atoms with E-state index < -0.39 is 0 Å². The lowest BCUT2D eigenvalue weighted by atomic mass is 9.72. The van der Waals surface area contributed by atoms with Gasteiger partial charge >= 0.3 is 0 Å². The number of rotatable bonds is 10. The highest BCUT2D eigenvalue weighted by Crippen LogP contribution is 2.42. The first kappa shape index (κ1) is 16.5. The van der Waals surface area contributed by atoms with Crippen LogP contribution < -0.4 is 0 Å². The Labute approximate surface area is 123 Å². The van der Waals surface area contributed by atoms with Gasteiger partial charge in [-0.15, -0.1) is 0 Å². The molecule has 0 N–H and O–H groups in total. The number of alkyl halides is 1. The molecule has 0 nitrogen and oxygen atoms in total. The average molecular weight is 317 g/mol. The number of halogens is 1. The minimum absolute atomic E-state index is 0.681. The quantitative estimate of drug-likeness (QED) is 0.305. The van der Waals surface area contributed by atoms with Crippen molar-refractivity contribution in [1.82, 2.24) is 0 Å². The monoisotopic (exact) mass is 316 g/mol. The second-order valence-electron chi connectivity index (χ2n) is 6.42. The van der Waals surface area contributed by atoms with Crippen LogP contribution in [0, 0.1) is 5.41 Å². The minimum Gasteiger partial charge on any atom is -0.0922 e. The topological polar surface area (TPSA) is 0 Å². The van der Waals surface area contributed by atoms with Crippen molar-refractivity contribution < 1.29 is 0 Å². The highest BCUT2D eigenvalue weighted by atomic mass is 79.9. The summed E-state index contributed by atoms with van der Waals surface area (Å²) in [6.07, 6.45) is 20.5. The zero-order valence-corrected chi connectivity index (χ0v) is 14.1. The molecule has 0 aromatic carbocycles. The Kier molecular flexibility index (Phi) is 9.45. The molecule has 0 spiro atoms. The van der Waals surface area contributed by atoms with E-state index in [9.17, 15) is 0 Å². The van der Waals surface area contributed by atoms with Crippen LogP contribution >= 0.6 is 15.9 Å². The number of unbranched alkanes of at least 4 members (excludes halogenated alkanes) is 7. The van der Waals surface area contributed by atoms with Gasteiger partial charge < -0.3 is 0 Å². The SMILES string of the molecule is CCCCCCCCCCC1(CBr)CCCCC1. The van der Waals surface area contributed by atoms with Gasteiger partial charge in [-0.3, -0.25) is 0 Å². The minimum atomic E-state index is 0.681. The van der Waals surface area contributed by atoms with Gasteiger partial charge in [0, 0.05) is 5.33 Å². The van der Waals surface area contributed by atoms with Crippen molar-refractivity contribution in [2.24, 2.45) is 5.41 Å². The van der Waals surface area contributed by atoms with Crippen molar-refractivity contribution in [1.29, 1.82) is 0 Å². The molecule has 0 aromatic heterocycles. The summed E-state index contributed by atoms with van der Waals surface area (Å²) >= 11 is 3.78. The molecule has 0 saturated heterocycles. The molecule has 1 saturated carbocycles. The van der Waals surface area contributed by atoms with Gasteiger partial charge in [0.2, 0.25) is 0 Å². The van der Waals surface area contributed by atoms with Gasteiger partial charge in [-0.2, -0.15) is 0 Å². The highest BCUT2D eigenvalue weighted by Gasteiger charge is 2.29. The maximum Gasteiger partial charge on any atom is 0.00879 e. The summed E-state index contributed by atoms with van der Waals surface area (Å²) < 4.78 is 0. The van der Waals surface area contributed by atoms with Gasteiger partial charge in [0.25, 0.3) is 0 Å². The smallest absolute Gasteiger partial charge is 0.00879 e. The Hall–Kier alpha value is 0.480. The van der Waals surface area contributed by atoms with Crippen LogP contribution in [0.2, 0.25) is 0 Å². The van der Waals surface area contributed by atoms with E-state index in [1.54, 1.807) is 0 Å². The first-order valence-corrected chi connectivity index (χ1v) is 9.51. The van der Waals surface area contributed by atoms with E-state index in [1.165, 1.54) is 95.2 Å². The lowest BCUT2D eigenvalue weighted by Crippen LogP contribution is -2.25. The standard InChI is InChI=1S/C17H33Br/c1-2-3-4-5-6-7-8-10-13-17(16-18)14-11-9-12-15-17/h2-16H2,1H3. The molecule has 0 unspecified atom stereocenters. The molecule has 1 fully saturated rings. The maximum absolute atomic E-state index is 3.78. The molecule has 0 heterocycles. The molecule has 0 aromatic rings. The molecule has 1 rings (SSSR count). The predicted molar refractivity (Wildman–Crippen MR) is 86.5 cm³/mol. The Morgan fingerprint density at radius 2 is 1.33 bits per heavy atom. The van der Waals surface area contributed by atoms with E-state index in [4.69, 9.17) is 0 Å². The van der Waals surface area contributed by atoms with E-state index >= 15 is 0 Å². The van der Waals surface area contributed by atoms with Crippen LogP contribution in [0.5, 0.6) is 0 Å². The normalized spacial score (nSPS) is 19.0. The molecule has 0 amide bonds. The van der Waals surface area contributed by atoms with Crippen LogP contribution in [0.15, 0.2) is 0 Å². The van der Waals surface area contributed by atoms with Crippen LogP contribution in [-0.2, 0) is 0 Å². The van der Waals surface area contributed by atoms with Crippen molar-refractivity contribution in [3.05, 3.63) is 0 Å². The lowest BCUT2D eigenvalue weighted by molar-refractivity contribution is 0.200. The third-order valence-corrected chi connectivity index (χ3v) is 5.95. The molecular weight excluding hydrogens is 284 g/mol. The molecular formula is C17H33Br. The van der Waals surface area contributed by atoms with Crippen LogP contribution in [0.3, 0.4) is 0 Å². The fraction of sp³-hybridized carbons (Fsp3) is 1.00. The zero-order valence-electron chi connectivity index (χ0n) is 12.5. The summed E-state index contributed by atoms with van der Waals surface area (Å²) in [6, 6.07) is 0. The number of hydrogen-bond acceptors (Lipinski definition) is 0. The molecule has 1 aliphatic rings. The molecule has 0 bridgehead atoms. The average Bonchev–Trinajstić information content (AvgIpc) is 2.43. The van der Waals surface area contributed by atoms with Crippen LogP contribution in [-0.4, -0.2) is 5.33 Å². The summed E-state index contributed by atoms with van der Waals surface area (Å²) in [5, 5.41) is 1.25. The van der Waals surface area contributed by atoms with Gasteiger partial charge in [-0.25, -0.2) is 0 Å². The molecule has 0 atom stereocenters. The second kappa shape index (κ2) is 10.3. The van der Waals surface area contributed by atoms with Crippen molar-refractivity contribution in [2.75, 3.05) is 5.33 Å². The molecule has 1 aliphatic carbocycles. The molecule has 108 valence electrons. The van der Waals surface area contributed by atoms with Crippen molar-refractivity contribution in [3.8, 4) is 0 Å². The molecule has 0 aliphatic heterocycles. The maximum atomic E-state index is 3.78. The first-order valence-electron chi connectivity index (χ1n) is 8.39. The third kappa shape index (κ3) is 6.59. The Morgan fingerprint density at radius 1 is 0.778 bits per heavy atom. The fourth-order valence-corrected chi connectivity index (χ4v) is 4.23. The summed E-state index contributed by atoms with van der Waals surface area (Å²) in [4.78, 5) is 0. The zero-order chi connectivity index (χ0) is 13.1. The van der Waals surface area contributed by atoms with Crippen LogP contribution in [0.4, 0.5) is 0 Å². The van der Waals surface area contributed by atoms with Crippen LogP contribution in [0.1, 0.15) is 96.8 Å². The molecule has 1 heteroatoms. The summed E-state index contributed by atoms with van der Waals surface area (Å²) in [5.41, 5.74) is 0.681. The first-order chi connectivity index (χ1) is 8.83. The second-order valence-corrected chi connectivity index (χ2v) is 6.98.